The van der Waals surface area contributed by atoms with E-state index < -0.39 is 0 Å². The van der Waals surface area contributed by atoms with Gasteiger partial charge in [0.2, 0.25) is 0 Å². The highest BCUT2D eigenvalue weighted by Gasteiger charge is 2.19. The zero-order valence-corrected chi connectivity index (χ0v) is 17.4. The standard InChI is InChI=1S/C20H24N8S/c1-13-11-28-17(15-8-22-23-9-15)10-21-20(28)19(24-13)25-18-7-16(26-29-18)12-27-6-4-3-5-14(27)2/h7-11,14H,3-6,12H2,1-2H3,(H,22,23)(H,24,25)/t14-/m0/s1. The first-order valence-electron chi connectivity index (χ1n) is 9.98. The summed E-state index contributed by atoms with van der Waals surface area (Å²) >= 11 is 1.47. The van der Waals surface area contributed by atoms with E-state index in [4.69, 9.17) is 0 Å². The summed E-state index contributed by atoms with van der Waals surface area (Å²) in [5.41, 5.74) is 4.77. The van der Waals surface area contributed by atoms with Gasteiger partial charge < -0.3 is 5.32 Å². The molecule has 1 saturated heterocycles. The maximum atomic E-state index is 4.68. The van der Waals surface area contributed by atoms with Crippen molar-refractivity contribution in [1.29, 1.82) is 0 Å². The summed E-state index contributed by atoms with van der Waals surface area (Å²) in [7, 11) is 0. The first-order chi connectivity index (χ1) is 14.2. The van der Waals surface area contributed by atoms with Crippen LogP contribution >= 0.6 is 11.5 Å². The van der Waals surface area contributed by atoms with Gasteiger partial charge in [-0.2, -0.15) is 9.47 Å². The van der Waals surface area contributed by atoms with Crippen LogP contribution in [0.5, 0.6) is 0 Å². The van der Waals surface area contributed by atoms with E-state index >= 15 is 0 Å². The Kier molecular flexibility index (Phi) is 4.76. The third kappa shape index (κ3) is 3.63. The minimum absolute atomic E-state index is 0.631. The maximum Gasteiger partial charge on any atom is 0.180 e. The molecule has 5 heterocycles. The van der Waals surface area contributed by atoms with Crippen LogP contribution < -0.4 is 5.32 Å². The molecule has 9 heteroatoms. The van der Waals surface area contributed by atoms with Gasteiger partial charge in [0.1, 0.15) is 5.00 Å². The van der Waals surface area contributed by atoms with Crippen LogP contribution in [0, 0.1) is 6.92 Å². The van der Waals surface area contributed by atoms with Gasteiger partial charge in [0.05, 0.1) is 29.5 Å². The molecule has 1 aliphatic rings. The number of fused-ring (bicyclic) bond motifs is 1. The molecule has 4 aromatic rings. The van der Waals surface area contributed by atoms with Crippen molar-refractivity contribution in [2.75, 3.05) is 11.9 Å². The van der Waals surface area contributed by atoms with Crippen LogP contribution in [0.4, 0.5) is 10.8 Å². The number of rotatable bonds is 5. The lowest BCUT2D eigenvalue weighted by atomic mass is 10.0. The zero-order valence-electron chi connectivity index (χ0n) is 16.6. The first kappa shape index (κ1) is 18.3. The third-order valence-corrected chi connectivity index (χ3v) is 6.26. The molecule has 8 nitrogen and oxygen atoms in total. The highest BCUT2D eigenvalue weighted by atomic mass is 32.1. The normalized spacial score (nSPS) is 17.8. The molecule has 0 aliphatic carbocycles. The van der Waals surface area contributed by atoms with Crippen molar-refractivity contribution < 1.29 is 0 Å². The molecule has 29 heavy (non-hydrogen) atoms. The molecule has 0 aromatic carbocycles. The molecule has 150 valence electrons. The second-order valence-corrected chi connectivity index (χ2v) is 8.48. The number of aromatic nitrogens is 6. The number of aryl methyl sites for hydroxylation is 1. The Morgan fingerprint density at radius 1 is 1.31 bits per heavy atom. The van der Waals surface area contributed by atoms with Crippen LogP contribution in [0.15, 0.2) is 30.9 Å². The molecular weight excluding hydrogens is 384 g/mol. The van der Waals surface area contributed by atoms with Crippen LogP contribution in [0.2, 0.25) is 0 Å². The van der Waals surface area contributed by atoms with Gasteiger partial charge in [0, 0.05) is 30.5 Å². The number of H-pyrrole nitrogens is 1. The van der Waals surface area contributed by atoms with E-state index in [2.05, 4.69) is 47.7 Å². The summed E-state index contributed by atoms with van der Waals surface area (Å²) in [4.78, 5) is 11.8. The van der Waals surface area contributed by atoms with E-state index in [1.807, 2.05) is 29.9 Å². The largest absolute Gasteiger partial charge is 0.328 e. The van der Waals surface area contributed by atoms with Crippen LogP contribution in [-0.4, -0.2) is 46.4 Å². The Balaban J connectivity index is 1.40. The fourth-order valence-corrected chi connectivity index (χ4v) is 4.62. The van der Waals surface area contributed by atoms with Gasteiger partial charge in [-0.3, -0.25) is 14.4 Å². The van der Waals surface area contributed by atoms with Gasteiger partial charge in [0.25, 0.3) is 0 Å². The van der Waals surface area contributed by atoms with Gasteiger partial charge in [-0.15, -0.1) is 0 Å². The fraction of sp³-hybridized carbons (Fsp3) is 0.400. The number of aromatic amines is 1. The Labute approximate surface area is 173 Å². The fourth-order valence-electron chi connectivity index (χ4n) is 3.96. The van der Waals surface area contributed by atoms with E-state index in [0.717, 1.165) is 52.2 Å². The monoisotopic (exact) mass is 408 g/mol. The van der Waals surface area contributed by atoms with Crippen molar-refractivity contribution in [3.8, 4) is 11.3 Å². The molecule has 1 aliphatic heterocycles. The smallest absolute Gasteiger partial charge is 0.180 e. The quantitative estimate of drug-likeness (QED) is 0.519. The zero-order chi connectivity index (χ0) is 19.8. The second-order valence-electron chi connectivity index (χ2n) is 7.68. The van der Waals surface area contributed by atoms with Crippen LogP contribution in [0.1, 0.15) is 37.6 Å². The van der Waals surface area contributed by atoms with Crippen molar-refractivity contribution in [1.82, 2.24) is 33.8 Å². The van der Waals surface area contributed by atoms with Crippen molar-refractivity contribution in [2.24, 2.45) is 0 Å². The predicted octanol–water partition coefficient (Wildman–Crippen LogP) is 4.00. The minimum atomic E-state index is 0.631. The van der Waals surface area contributed by atoms with Crippen molar-refractivity contribution in [2.45, 2.75) is 45.7 Å². The molecule has 0 saturated carbocycles. The molecule has 0 spiro atoms. The number of piperidine rings is 1. The van der Waals surface area contributed by atoms with E-state index in [1.165, 1.54) is 30.8 Å². The summed E-state index contributed by atoms with van der Waals surface area (Å²) in [6.07, 6.45) is 11.4. The molecule has 4 aromatic heterocycles. The lowest BCUT2D eigenvalue weighted by Crippen LogP contribution is -2.36. The number of nitrogens with one attached hydrogen (secondary N) is 2. The summed E-state index contributed by atoms with van der Waals surface area (Å²) < 4.78 is 6.71. The van der Waals surface area contributed by atoms with Gasteiger partial charge in [-0.1, -0.05) is 6.42 Å². The van der Waals surface area contributed by atoms with Gasteiger partial charge >= 0.3 is 0 Å². The van der Waals surface area contributed by atoms with Crippen LogP contribution in [0.3, 0.4) is 0 Å². The maximum absolute atomic E-state index is 4.68. The Morgan fingerprint density at radius 3 is 3.07 bits per heavy atom. The molecule has 0 unspecified atom stereocenters. The lowest BCUT2D eigenvalue weighted by Gasteiger charge is -2.32. The van der Waals surface area contributed by atoms with E-state index in [-0.39, 0.29) is 0 Å². The number of imidazole rings is 1. The Hall–Kier alpha value is -2.78. The third-order valence-electron chi connectivity index (χ3n) is 5.51. The molecule has 0 bridgehead atoms. The topological polar surface area (TPSA) is 87.0 Å². The second kappa shape index (κ2) is 7.57. The van der Waals surface area contributed by atoms with Crippen LogP contribution in [-0.2, 0) is 6.54 Å². The molecular formula is C20H24N8S. The first-order valence-corrected chi connectivity index (χ1v) is 10.8. The highest BCUT2D eigenvalue weighted by molar-refractivity contribution is 7.10. The Morgan fingerprint density at radius 2 is 2.24 bits per heavy atom. The van der Waals surface area contributed by atoms with Gasteiger partial charge in [-0.25, -0.2) is 9.97 Å². The number of likely N-dealkylation sites (tertiary alicyclic amines) is 1. The highest BCUT2D eigenvalue weighted by Crippen LogP contribution is 2.28. The average molecular weight is 409 g/mol. The van der Waals surface area contributed by atoms with E-state index in [1.54, 1.807) is 6.20 Å². The summed E-state index contributed by atoms with van der Waals surface area (Å²) in [6, 6.07) is 2.76. The van der Waals surface area contributed by atoms with Crippen molar-refractivity contribution >= 4 is 28.0 Å². The number of anilines is 2. The molecule has 0 radical (unpaired) electrons. The number of hydrogen-bond donors (Lipinski definition) is 2. The lowest BCUT2D eigenvalue weighted by molar-refractivity contribution is 0.151. The number of hydrogen-bond acceptors (Lipinski definition) is 7. The number of nitrogens with zero attached hydrogens (tertiary/aromatic N) is 6. The van der Waals surface area contributed by atoms with Gasteiger partial charge in [-0.05, 0) is 50.8 Å². The van der Waals surface area contributed by atoms with Crippen molar-refractivity contribution in [3.63, 3.8) is 0 Å². The van der Waals surface area contributed by atoms with Gasteiger partial charge in [0.15, 0.2) is 11.5 Å². The molecule has 2 N–H and O–H groups in total. The molecule has 1 fully saturated rings. The summed E-state index contributed by atoms with van der Waals surface area (Å²) in [5.74, 6) is 0.737. The molecule has 0 amide bonds. The summed E-state index contributed by atoms with van der Waals surface area (Å²) in [5, 5.41) is 11.3. The SMILES string of the molecule is Cc1cn2c(-c3cn[nH]c3)cnc2c(Nc2cc(CN3CCCC[C@@H]3C)ns2)n1. The average Bonchev–Trinajstić information content (AvgIpc) is 3.44. The summed E-state index contributed by atoms with van der Waals surface area (Å²) in [6.45, 7) is 6.37. The Bertz CT molecular complexity index is 1110. The van der Waals surface area contributed by atoms with E-state index in [0.29, 0.717) is 6.04 Å². The van der Waals surface area contributed by atoms with E-state index in [9.17, 15) is 0 Å². The predicted molar refractivity (Wildman–Crippen MR) is 114 cm³/mol. The molecule has 5 rings (SSSR count). The minimum Gasteiger partial charge on any atom is -0.328 e. The van der Waals surface area contributed by atoms with Crippen molar-refractivity contribution in [3.05, 3.63) is 42.2 Å². The van der Waals surface area contributed by atoms with Crippen LogP contribution in [0.25, 0.3) is 16.9 Å². The molecule has 1 atom stereocenters.